The van der Waals surface area contributed by atoms with Crippen LogP contribution in [0.15, 0.2) is 0 Å². The maximum absolute atomic E-state index is 10.2. The van der Waals surface area contributed by atoms with E-state index in [4.69, 9.17) is 0 Å². The average molecular weight is 141 g/mol. The van der Waals surface area contributed by atoms with Gasteiger partial charge in [-0.25, -0.2) is 5.11 Å². The van der Waals surface area contributed by atoms with Crippen LogP contribution >= 0.6 is 0 Å². The SMILES string of the molecule is [O]CCCC1CCCCC1. The lowest BCUT2D eigenvalue weighted by atomic mass is 9.86. The fourth-order valence-electron chi connectivity index (χ4n) is 1.85. The van der Waals surface area contributed by atoms with Crippen LogP contribution in [0.2, 0.25) is 0 Å². The van der Waals surface area contributed by atoms with Gasteiger partial charge in [-0.3, -0.25) is 0 Å². The van der Waals surface area contributed by atoms with E-state index in [2.05, 4.69) is 0 Å². The minimum Gasteiger partial charge on any atom is -0.237 e. The third-order valence-electron chi connectivity index (χ3n) is 2.48. The predicted molar refractivity (Wildman–Crippen MR) is 41.4 cm³/mol. The Morgan fingerprint density at radius 1 is 1.10 bits per heavy atom. The van der Waals surface area contributed by atoms with Crippen molar-refractivity contribution < 1.29 is 5.11 Å². The van der Waals surface area contributed by atoms with Crippen molar-refractivity contribution in [2.45, 2.75) is 44.9 Å². The fraction of sp³-hybridized carbons (Fsp3) is 1.00. The van der Waals surface area contributed by atoms with E-state index in [1.54, 1.807) is 0 Å². The molecule has 1 aliphatic rings. The first kappa shape index (κ1) is 8.06. The van der Waals surface area contributed by atoms with E-state index in [9.17, 15) is 5.11 Å². The summed E-state index contributed by atoms with van der Waals surface area (Å²) < 4.78 is 0. The van der Waals surface area contributed by atoms with Crippen LogP contribution in [0.4, 0.5) is 0 Å². The Morgan fingerprint density at radius 3 is 2.40 bits per heavy atom. The molecule has 0 saturated heterocycles. The minimum absolute atomic E-state index is 0.135. The van der Waals surface area contributed by atoms with Gasteiger partial charge in [0.25, 0.3) is 0 Å². The van der Waals surface area contributed by atoms with Gasteiger partial charge in [0.1, 0.15) is 0 Å². The van der Waals surface area contributed by atoms with E-state index in [0.29, 0.717) is 0 Å². The van der Waals surface area contributed by atoms with Crippen LogP contribution in [0.1, 0.15) is 44.9 Å². The summed E-state index contributed by atoms with van der Waals surface area (Å²) in [6.45, 7) is 0.135. The Bertz CT molecular complexity index is 74.8. The highest BCUT2D eigenvalue weighted by molar-refractivity contribution is 4.65. The summed E-state index contributed by atoms with van der Waals surface area (Å²) in [5.41, 5.74) is 0. The second kappa shape index (κ2) is 4.73. The first-order chi connectivity index (χ1) is 4.93. The van der Waals surface area contributed by atoms with E-state index in [1.165, 1.54) is 38.5 Å². The van der Waals surface area contributed by atoms with Gasteiger partial charge in [-0.15, -0.1) is 0 Å². The molecule has 1 heteroatoms. The zero-order chi connectivity index (χ0) is 7.23. The molecule has 0 bridgehead atoms. The molecule has 1 fully saturated rings. The van der Waals surface area contributed by atoms with Gasteiger partial charge in [0.2, 0.25) is 0 Å². The molecule has 0 unspecified atom stereocenters. The summed E-state index contributed by atoms with van der Waals surface area (Å²) in [4.78, 5) is 0. The quantitative estimate of drug-likeness (QED) is 0.576. The second-order valence-corrected chi connectivity index (χ2v) is 3.35. The molecule has 1 saturated carbocycles. The van der Waals surface area contributed by atoms with Gasteiger partial charge in [-0.05, 0) is 18.8 Å². The standard InChI is InChI=1S/C9H17O/c10-8-4-7-9-5-2-1-3-6-9/h9H,1-8H2. The molecule has 59 valence electrons. The van der Waals surface area contributed by atoms with Crippen LogP contribution in [0.5, 0.6) is 0 Å². The first-order valence-corrected chi connectivity index (χ1v) is 4.51. The molecule has 0 aromatic rings. The summed E-state index contributed by atoms with van der Waals surface area (Å²) in [6.07, 6.45) is 9.12. The molecule has 1 aliphatic carbocycles. The van der Waals surface area contributed by atoms with Gasteiger partial charge >= 0.3 is 0 Å². The molecule has 1 nitrogen and oxygen atoms in total. The zero-order valence-electron chi connectivity index (χ0n) is 6.64. The molecule has 1 radical (unpaired) electrons. The van der Waals surface area contributed by atoms with Gasteiger partial charge in [0.05, 0.1) is 6.61 Å². The molecule has 10 heavy (non-hydrogen) atoms. The number of hydrogen-bond donors (Lipinski definition) is 0. The molecular weight excluding hydrogens is 124 g/mol. The fourth-order valence-corrected chi connectivity index (χ4v) is 1.85. The Hall–Kier alpha value is -0.0400. The lowest BCUT2D eigenvalue weighted by molar-refractivity contribution is 0.175. The third-order valence-corrected chi connectivity index (χ3v) is 2.48. The number of rotatable bonds is 3. The van der Waals surface area contributed by atoms with Crippen molar-refractivity contribution in [3.05, 3.63) is 0 Å². The maximum Gasteiger partial charge on any atom is 0.0822 e. The summed E-state index contributed by atoms with van der Waals surface area (Å²) in [6, 6.07) is 0. The van der Waals surface area contributed by atoms with Crippen LogP contribution < -0.4 is 0 Å². The maximum atomic E-state index is 10.2. The van der Waals surface area contributed by atoms with Crippen molar-refractivity contribution in [1.82, 2.24) is 0 Å². The predicted octanol–water partition coefficient (Wildman–Crippen LogP) is 2.78. The van der Waals surface area contributed by atoms with Crippen molar-refractivity contribution in [2.24, 2.45) is 5.92 Å². The molecule has 0 N–H and O–H groups in total. The molecular formula is C9H17O. The Morgan fingerprint density at radius 2 is 1.80 bits per heavy atom. The minimum atomic E-state index is 0.135. The highest BCUT2D eigenvalue weighted by atomic mass is 16.2. The van der Waals surface area contributed by atoms with Crippen molar-refractivity contribution in [2.75, 3.05) is 6.61 Å². The van der Waals surface area contributed by atoms with E-state index >= 15 is 0 Å². The summed E-state index contributed by atoms with van der Waals surface area (Å²) in [7, 11) is 0. The van der Waals surface area contributed by atoms with Gasteiger partial charge in [0.15, 0.2) is 0 Å². The Kier molecular flexibility index (Phi) is 3.81. The average Bonchev–Trinajstić information content (AvgIpc) is 2.03. The molecule has 0 aromatic carbocycles. The van der Waals surface area contributed by atoms with Crippen molar-refractivity contribution in [3.63, 3.8) is 0 Å². The molecule has 0 atom stereocenters. The van der Waals surface area contributed by atoms with E-state index in [0.717, 1.165) is 12.3 Å². The topological polar surface area (TPSA) is 19.9 Å². The van der Waals surface area contributed by atoms with E-state index in [1.807, 2.05) is 0 Å². The van der Waals surface area contributed by atoms with Crippen LogP contribution in [0.3, 0.4) is 0 Å². The molecule has 0 aromatic heterocycles. The van der Waals surface area contributed by atoms with Crippen LogP contribution in [0, 0.1) is 5.92 Å². The van der Waals surface area contributed by atoms with E-state index < -0.39 is 0 Å². The highest BCUT2D eigenvalue weighted by Crippen LogP contribution is 2.26. The van der Waals surface area contributed by atoms with Crippen LogP contribution in [0.25, 0.3) is 0 Å². The summed E-state index contributed by atoms with van der Waals surface area (Å²) in [5, 5.41) is 10.2. The summed E-state index contributed by atoms with van der Waals surface area (Å²) in [5.74, 6) is 0.905. The molecule has 0 spiro atoms. The lowest BCUT2D eigenvalue weighted by Gasteiger charge is -2.20. The van der Waals surface area contributed by atoms with Gasteiger partial charge in [-0.2, -0.15) is 0 Å². The monoisotopic (exact) mass is 141 g/mol. The largest absolute Gasteiger partial charge is 0.237 e. The zero-order valence-corrected chi connectivity index (χ0v) is 6.64. The molecule has 0 heterocycles. The smallest absolute Gasteiger partial charge is 0.0822 e. The normalized spacial score (nSPS) is 21.3. The second-order valence-electron chi connectivity index (χ2n) is 3.35. The Labute approximate surface area is 63.4 Å². The van der Waals surface area contributed by atoms with Crippen molar-refractivity contribution in [3.8, 4) is 0 Å². The van der Waals surface area contributed by atoms with Crippen LogP contribution in [-0.4, -0.2) is 6.61 Å². The van der Waals surface area contributed by atoms with Gasteiger partial charge in [-0.1, -0.05) is 32.1 Å². The summed E-state index contributed by atoms with van der Waals surface area (Å²) >= 11 is 0. The third kappa shape index (κ3) is 2.70. The van der Waals surface area contributed by atoms with Crippen molar-refractivity contribution in [1.29, 1.82) is 0 Å². The van der Waals surface area contributed by atoms with Gasteiger partial charge < -0.3 is 0 Å². The molecule has 0 aliphatic heterocycles. The lowest BCUT2D eigenvalue weighted by Crippen LogP contribution is -2.06. The molecule has 1 rings (SSSR count). The van der Waals surface area contributed by atoms with Crippen molar-refractivity contribution >= 4 is 0 Å². The first-order valence-electron chi connectivity index (χ1n) is 4.51. The molecule has 0 amide bonds. The number of hydrogen-bond acceptors (Lipinski definition) is 0. The van der Waals surface area contributed by atoms with E-state index in [-0.39, 0.29) is 6.61 Å². The van der Waals surface area contributed by atoms with Crippen LogP contribution in [-0.2, 0) is 5.11 Å². The highest BCUT2D eigenvalue weighted by Gasteiger charge is 2.11. The Balaban J connectivity index is 2.02. The van der Waals surface area contributed by atoms with Gasteiger partial charge in [0, 0.05) is 0 Å².